The van der Waals surface area contributed by atoms with Crippen molar-refractivity contribution >= 4 is 17.1 Å². The third kappa shape index (κ3) is 3.49. The monoisotopic (exact) mass is 245 g/mol. The number of hydrogen-bond acceptors (Lipinski definition) is 3. The standard InChI is InChI=1S/C14H15NOS/c1-2-11-5-6-12(15-10-11)8-13(16)9-14-4-3-7-17-14/h3-7,10H,2,8-9H2,1H3. The van der Waals surface area contributed by atoms with Gasteiger partial charge in [-0.2, -0.15) is 0 Å². The van der Waals surface area contributed by atoms with E-state index in [1.54, 1.807) is 11.3 Å². The molecule has 0 saturated heterocycles. The van der Waals surface area contributed by atoms with Crippen molar-refractivity contribution in [1.29, 1.82) is 0 Å². The number of pyridine rings is 1. The molecule has 2 aromatic rings. The summed E-state index contributed by atoms with van der Waals surface area (Å²) in [6.45, 7) is 2.10. The lowest BCUT2D eigenvalue weighted by atomic mass is 10.1. The molecule has 0 unspecified atom stereocenters. The number of carbonyl (C=O) groups excluding carboxylic acids is 1. The normalized spacial score (nSPS) is 10.4. The molecule has 0 fully saturated rings. The molecular weight excluding hydrogens is 230 g/mol. The molecule has 2 aromatic heterocycles. The summed E-state index contributed by atoms with van der Waals surface area (Å²) in [6.07, 6.45) is 3.79. The van der Waals surface area contributed by atoms with Crippen molar-refractivity contribution in [2.45, 2.75) is 26.2 Å². The lowest BCUT2D eigenvalue weighted by Crippen LogP contribution is -2.06. The summed E-state index contributed by atoms with van der Waals surface area (Å²) in [5.74, 6) is 0.226. The zero-order valence-electron chi connectivity index (χ0n) is 9.85. The van der Waals surface area contributed by atoms with Gasteiger partial charge in [-0.1, -0.05) is 19.1 Å². The van der Waals surface area contributed by atoms with Crippen molar-refractivity contribution in [3.8, 4) is 0 Å². The molecule has 0 aromatic carbocycles. The minimum atomic E-state index is 0.226. The maximum atomic E-state index is 11.8. The average Bonchev–Trinajstić information content (AvgIpc) is 2.82. The van der Waals surface area contributed by atoms with Crippen LogP contribution in [-0.4, -0.2) is 10.8 Å². The summed E-state index contributed by atoms with van der Waals surface area (Å²) < 4.78 is 0. The topological polar surface area (TPSA) is 30.0 Å². The van der Waals surface area contributed by atoms with Gasteiger partial charge in [0, 0.05) is 29.6 Å². The van der Waals surface area contributed by atoms with Gasteiger partial charge in [0.2, 0.25) is 0 Å². The first kappa shape index (κ1) is 12.0. The van der Waals surface area contributed by atoms with Crippen LogP contribution in [-0.2, 0) is 24.1 Å². The second-order valence-corrected chi connectivity index (χ2v) is 5.02. The fraction of sp³-hybridized carbons (Fsp3) is 0.286. The van der Waals surface area contributed by atoms with Gasteiger partial charge < -0.3 is 0 Å². The number of ketones is 1. The van der Waals surface area contributed by atoms with E-state index in [0.717, 1.165) is 17.0 Å². The SMILES string of the molecule is CCc1ccc(CC(=O)Cc2cccs2)nc1. The molecule has 0 aliphatic carbocycles. The third-order valence-corrected chi connectivity index (χ3v) is 3.50. The first-order valence-electron chi connectivity index (χ1n) is 5.76. The van der Waals surface area contributed by atoms with Crippen molar-refractivity contribution in [1.82, 2.24) is 4.98 Å². The van der Waals surface area contributed by atoms with Crippen LogP contribution in [0.25, 0.3) is 0 Å². The van der Waals surface area contributed by atoms with Crippen LogP contribution < -0.4 is 0 Å². The van der Waals surface area contributed by atoms with Gasteiger partial charge in [0.1, 0.15) is 5.78 Å². The van der Waals surface area contributed by atoms with Gasteiger partial charge in [-0.3, -0.25) is 9.78 Å². The van der Waals surface area contributed by atoms with Gasteiger partial charge in [-0.15, -0.1) is 11.3 Å². The number of Topliss-reactive ketones (excluding diaryl/α,β-unsaturated/α-hetero) is 1. The number of aromatic nitrogens is 1. The molecule has 0 atom stereocenters. The number of hydrogen-bond donors (Lipinski definition) is 0. The number of nitrogens with zero attached hydrogens (tertiary/aromatic N) is 1. The smallest absolute Gasteiger partial charge is 0.144 e. The largest absolute Gasteiger partial charge is 0.299 e. The van der Waals surface area contributed by atoms with Crippen LogP contribution in [0.1, 0.15) is 23.1 Å². The van der Waals surface area contributed by atoms with E-state index in [9.17, 15) is 4.79 Å². The number of rotatable bonds is 5. The van der Waals surface area contributed by atoms with Crippen LogP contribution >= 0.6 is 11.3 Å². The highest BCUT2D eigenvalue weighted by Gasteiger charge is 2.06. The molecule has 2 rings (SSSR count). The Bertz CT molecular complexity index is 473. The number of thiophene rings is 1. The van der Waals surface area contributed by atoms with Crippen LogP contribution in [0.5, 0.6) is 0 Å². The summed E-state index contributed by atoms with van der Waals surface area (Å²) in [5.41, 5.74) is 2.07. The maximum absolute atomic E-state index is 11.8. The molecule has 2 nitrogen and oxygen atoms in total. The van der Waals surface area contributed by atoms with Crippen molar-refractivity contribution in [3.63, 3.8) is 0 Å². The fourth-order valence-corrected chi connectivity index (χ4v) is 2.37. The molecule has 0 amide bonds. The van der Waals surface area contributed by atoms with Gasteiger partial charge in [0.25, 0.3) is 0 Å². The van der Waals surface area contributed by atoms with Gasteiger partial charge in [0.15, 0.2) is 0 Å². The van der Waals surface area contributed by atoms with Crippen molar-refractivity contribution in [2.75, 3.05) is 0 Å². The highest BCUT2D eigenvalue weighted by molar-refractivity contribution is 7.10. The molecular formula is C14H15NOS. The molecule has 17 heavy (non-hydrogen) atoms. The zero-order chi connectivity index (χ0) is 12.1. The minimum absolute atomic E-state index is 0.226. The molecule has 0 aliphatic rings. The van der Waals surface area contributed by atoms with Crippen LogP contribution in [0.4, 0.5) is 0 Å². The molecule has 0 spiro atoms. The molecule has 0 aliphatic heterocycles. The Hall–Kier alpha value is -1.48. The summed E-state index contributed by atoms with van der Waals surface area (Å²) in [6, 6.07) is 7.96. The average molecular weight is 245 g/mol. The quantitative estimate of drug-likeness (QED) is 0.810. The second-order valence-electron chi connectivity index (χ2n) is 3.98. The lowest BCUT2D eigenvalue weighted by molar-refractivity contribution is -0.117. The van der Waals surface area contributed by atoms with E-state index in [4.69, 9.17) is 0 Å². The first-order chi connectivity index (χ1) is 8.28. The van der Waals surface area contributed by atoms with Gasteiger partial charge in [-0.25, -0.2) is 0 Å². The second kappa shape index (κ2) is 5.73. The van der Waals surface area contributed by atoms with E-state index in [-0.39, 0.29) is 5.78 Å². The summed E-state index contributed by atoms with van der Waals surface area (Å²) >= 11 is 1.63. The Morgan fingerprint density at radius 2 is 2.18 bits per heavy atom. The Kier molecular flexibility index (Phi) is 4.04. The van der Waals surface area contributed by atoms with E-state index in [1.807, 2.05) is 35.8 Å². The Morgan fingerprint density at radius 3 is 2.76 bits per heavy atom. The summed E-state index contributed by atoms with van der Waals surface area (Å²) in [5, 5.41) is 2.00. The minimum Gasteiger partial charge on any atom is -0.299 e. The van der Waals surface area contributed by atoms with E-state index in [2.05, 4.69) is 11.9 Å². The Labute approximate surface area is 105 Å². The van der Waals surface area contributed by atoms with Gasteiger partial charge >= 0.3 is 0 Å². The molecule has 0 bridgehead atoms. The predicted molar refractivity (Wildman–Crippen MR) is 70.3 cm³/mol. The van der Waals surface area contributed by atoms with E-state index in [0.29, 0.717) is 12.8 Å². The van der Waals surface area contributed by atoms with Crippen molar-refractivity contribution in [3.05, 3.63) is 52.0 Å². The fourth-order valence-electron chi connectivity index (χ4n) is 1.64. The molecule has 2 heterocycles. The molecule has 88 valence electrons. The molecule has 0 radical (unpaired) electrons. The van der Waals surface area contributed by atoms with Crippen LogP contribution in [0.2, 0.25) is 0 Å². The molecule has 0 saturated carbocycles. The zero-order valence-corrected chi connectivity index (χ0v) is 10.7. The highest BCUT2D eigenvalue weighted by Crippen LogP contribution is 2.11. The van der Waals surface area contributed by atoms with Crippen LogP contribution in [0.3, 0.4) is 0 Å². The van der Waals surface area contributed by atoms with Crippen LogP contribution in [0, 0.1) is 0 Å². The Balaban J connectivity index is 1.93. The highest BCUT2D eigenvalue weighted by atomic mass is 32.1. The third-order valence-electron chi connectivity index (χ3n) is 2.62. The number of aryl methyl sites for hydroxylation is 1. The Morgan fingerprint density at radius 1 is 1.29 bits per heavy atom. The van der Waals surface area contributed by atoms with Gasteiger partial charge in [-0.05, 0) is 29.5 Å². The summed E-state index contributed by atoms with van der Waals surface area (Å²) in [7, 11) is 0. The van der Waals surface area contributed by atoms with Crippen molar-refractivity contribution < 1.29 is 4.79 Å². The predicted octanol–water partition coefficient (Wildman–Crippen LogP) is 3.06. The number of carbonyl (C=O) groups is 1. The van der Waals surface area contributed by atoms with Crippen molar-refractivity contribution in [2.24, 2.45) is 0 Å². The van der Waals surface area contributed by atoms with E-state index < -0.39 is 0 Å². The van der Waals surface area contributed by atoms with E-state index >= 15 is 0 Å². The van der Waals surface area contributed by atoms with Gasteiger partial charge in [0.05, 0.1) is 0 Å². The van der Waals surface area contributed by atoms with Crippen LogP contribution in [0.15, 0.2) is 35.8 Å². The lowest BCUT2D eigenvalue weighted by Gasteiger charge is -2.01. The molecule has 0 N–H and O–H groups in total. The maximum Gasteiger partial charge on any atom is 0.144 e. The van der Waals surface area contributed by atoms with E-state index in [1.165, 1.54) is 5.56 Å². The first-order valence-corrected chi connectivity index (χ1v) is 6.63. The molecule has 3 heteroatoms. The summed E-state index contributed by atoms with van der Waals surface area (Å²) in [4.78, 5) is 17.2.